The van der Waals surface area contributed by atoms with Gasteiger partial charge in [-0.05, 0) is 17.8 Å². The highest BCUT2D eigenvalue weighted by Gasteiger charge is 2.46. The van der Waals surface area contributed by atoms with E-state index in [-0.39, 0.29) is 29.7 Å². The Morgan fingerprint density at radius 2 is 2.00 bits per heavy atom. The number of rotatable bonds is 5. The quantitative estimate of drug-likeness (QED) is 0.725. The summed E-state index contributed by atoms with van der Waals surface area (Å²) in [6.45, 7) is 6.00. The van der Waals surface area contributed by atoms with Gasteiger partial charge in [0.1, 0.15) is 0 Å². The molecule has 0 bridgehead atoms. The summed E-state index contributed by atoms with van der Waals surface area (Å²) in [5.74, 6) is -0.967. The van der Waals surface area contributed by atoms with Crippen molar-refractivity contribution in [2.45, 2.75) is 46.1 Å². The molecule has 0 aromatic rings. The van der Waals surface area contributed by atoms with Gasteiger partial charge in [-0.1, -0.05) is 20.8 Å². The number of carbonyl (C=O) groups is 2. The normalized spacial score (nSPS) is 24.3. The van der Waals surface area contributed by atoms with Crippen LogP contribution < -0.4 is 5.32 Å². The fraction of sp³-hybridized carbons (Fsp3) is 0.818. The lowest BCUT2D eigenvalue weighted by Crippen LogP contribution is -2.29. The maximum absolute atomic E-state index is 11.5. The van der Waals surface area contributed by atoms with Gasteiger partial charge in [0.25, 0.3) is 0 Å². The highest BCUT2D eigenvalue weighted by molar-refractivity contribution is 5.78. The first-order valence-electron chi connectivity index (χ1n) is 5.32. The van der Waals surface area contributed by atoms with Gasteiger partial charge in [-0.15, -0.1) is 0 Å². The molecule has 0 spiro atoms. The van der Waals surface area contributed by atoms with E-state index in [9.17, 15) is 9.59 Å². The molecule has 1 rings (SSSR count). The average Bonchev–Trinajstić information content (AvgIpc) is 2.54. The molecule has 0 aromatic heterocycles. The topological polar surface area (TPSA) is 66.4 Å². The Hall–Kier alpha value is -1.06. The van der Waals surface area contributed by atoms with Crippen LogP contribution in [0.2, 0.25) is 0 Å². The molecule has 0 radical (unpaired) electrons. The van der Waals surface area contributed by atoms with E-state index in [1.54, 1.807) is 6.92 Å². The first-order valence-corrected chi connectivity index (χ1v) is 5.32. The van der Waals surface area contributed by atoms with E-state index in [0.29, 0.717) is 6.42 Å². The van der Waals surface area contributed by atoms with E-state index in [0.717, 1.165) is 6.42 Å². The molecular weight excluding hydrogens is 194 g/mol. The van der Waals surface area contributed by atoms with Gasteiger partial charge < -0.3 is 10.4 Å². The molecule has 1 saturated carbocycles. The molecule has 1 aliphatic carbocycles. The Kier molecular flexibility index (Phi) is 3.37. The summed E-state index contributed by atoms with van der Waals surface area (Å²) >= 11 is 0. The minimum absolute atomic E-state index is 0.0284. The van der Waals surface area contributed by atoms with Crippen molar-refractivity contribution in [1.82, 2.24) is 5.32 Å². The van der Waals surface area contributed by atoms with Crippen LogP contribution in [0.25, 0.3) is 0 Å². The van der Waals surface area contributed by atoms with E-state index >= 15 is 0 Å². The second kappa shape index (κ2) is 4.21. The van der Waals surface area contributed by atoms with Gasteiger partial charge in [0.05, 0.1) is 0 Å². The first kappa shape index (κ1) is 12.0. The minimum Gasteiger partial charge on any atom is -0.481 e. The number of hydrogen-bond acceptors (Lipinski definition) is 2. The minimum atomic E-state index is -0.845. The molecule has 2 unspecified atom stereocenters. The van der Waals surface area contributed by atoms with Crippen molar-refractivity contribution in [3.05, 3.63) is 0 Å². The number of carboxylic acids is 1. The number of aliphatic carboxylic acids is 1. The van der Waals surface area contributed by atoms with Crippen LogP contribution in [0, 0.1) is 11.3 Å². The first-order chi connectivity index (χ1) is 6.81. The fourth-order valence-electron chi connectivity index (χ4n) is 1.65. The predicted octanol–water partition coefficient (Wildman–Crippen LogP) is 1.40. The van der Waals surface area contributed by atoms with Crippen LogP contribution in [-0.2, 0) is 9.59 Å². The van der Waals surface area contributed by atoms with Crippen LogP contribution in [0.15, 0.2) is 0 Å². The highest BCUT2D eigenvalue weighted by atomic mass is 16.4. The summed E-state index contributed by atoms with van der Waals surface area (Å²) in [5.41, 5.74) is 0.228. The SMILES string of the molecule is CC(CC(=O)O)CC(=O)NC1CC1(C)C. The lowest BCUT2D eigenvalue weighted by molar-refractivity contribution is -0.138. The van der Waals surface area contributed by atoms with Crippen LogP contribution in [0.5, 0.6) is 0 Å². The zero-order valence-electron chi connectivity index (χ0n) is 9.54. The number of carboxylic acid groups (broad SMARTS) is 1. The summed E-state index contributed by atoms with van der Waals surface area (Å²) in [4.78, 5) is 21.9. The third-order valence-corrected chi connectivity index (χ3v) is 2.91. The van der Waals surface area contributed by atoms with E-state index in [1.165, 1.54) is 0 Å². The molecule has 0 aliphatic heterocycles. The molecule has 2 N–H and O–H groups in total. The van der Waals surface area contributed by atoms with E-state index in [2.05, 4.69) is 19.2 Å². The average molecular weight is 213 g/mol. The zero-order valence-corrected chi connectivity index (χ0v) is 9.54. The lowest BCUT2D eigenvalue weighted by Gasteiger charge is -2.10. The van der Waals surface area contributed by atoms with Gasteiger partial charge >= 0.3 is 5.97 Å². The van der Waals surface area contributed by atoms with Crippen molar-refractivity contribution in [2.24, 2.45) is 11.3 Å². The number of carbonyl (C=O) groups excluding carboxylic acids is 1. The molecular formula is C11H19NO3. The number of nitrogens with one attached hydrogen (secondary N) is 1. The van der Waals surface area contributed by atoms with Gasteiger partial charge in [0.2, 0.25) is 5.91 Å². The molecule has 0 aromatic carbocycles. The van der Waals surface area contributed by atoms with Crippen LogP contribution in [0.1, 0.15) is 40.0 Å². The monoisotopic (exact) mass is 213 g/mol. The Labute approximate surface area is 90.0 Å². The van der Waals surface area contributed by atoms with E-state index in [4.69, 9.17) is 5.11 Å². The second-order valence-corrected chi connectivity index (χ2v) is 5.22. The van der Waals surface area contributed by atoms with E-state index in [1.807, 2.05) is 0 Å². The molecule has 0 saturated heterocycles. The predicted molar refractivity (Wildman–Crippen MR) is 56.4 cm³/mol. The summed E-state index contributed by atoms with van der Waals surface area (Å²) in [7, 11) is 0. The van der Waals surface area contributed by atoms with Gasteiger partial charge in [0.15, 0.2) is 0 Å². The molecule has 2 atom stereocenters. The van der Waals surface area contributed by atoms with Crippen LogP contribution in [-0.4, -0.2) is 23.0 Å². The van der Waals surface area contributed by atoms with Crippen LogP contribution >= 0.6 is 0 Å². The Morgan fingerprint density at radius 3 is 2.40 bits per heavy atom. The molecule has 1 fully saturated rings. The van der Waals surface area contributed by atoms with Crippen LogP contribution in [0.3, 0.4) is 0 Å². The third kappa shape index (κ3) is 3.90. The smallest absolute Gasteiger partial charge is 0.303 e. The number of amides is 1. The lowest BCUT2D eigenvalue weighted by atomic mass is 10.0. The van der Waals surface area contributed by atoms with Crippen molar-refractivity contribution in [3.8, 4) is 0 Å². The fourth-order valence-corrected chi connectivity index (χ4v) is 1.65. The Bertz CT molecular complexity index is 273. The van der Waals surface area contributed by atoms with Gasteiger partial charge in [-0.25, -0.2) is 0 Å². The molecule has 15 heavy (non-hydrogen) atoms. The van der Waals surface area contributed by atoms with E-state index < -0.39 is 5.97 Å². The second-order valence-electron chi connectivity index (χ2n) is 5.22. The molecule has 1 amide bonds. The maximum Gasteiger partial charge on any atom is 0.303 e. The number of hydrogen-bond donors (Lipinski definition) is 2. The molecule has 4 nitrogen and oxygen atoms in total. The highest BCUT2D eigenvalue weighted by Crippen LogP contribution is 2.44. The maximum atomic E-state index is 11.5. The summed E-state index contributed by atoms with van der Waals surface area (Å²) in [5, 5.41) is 11.5. The largest absolute Gasteiger partial charge is 0.481 e. The summed E-state index contributed by atoms with van der Waals surface area (Å²) in [6.07, 6.45) is 1.38. The van der Waals surface area contributed by atoms with Crippen molar-refractivity contribution in [3.63, 3.8) is 0 Å². The molecule has 0 heterocycles. The van der Waals surface area contributed by atoms with Crippen molar-refractivity contribution >= 4 is 11.9 Å². The molecule has 4 heteroatoms. The standard InChI is InChI=1S/C11H19NO3/c1-7(5-10(14)15)4-9(13)12-8-6-11(8,2)3/h7-8H,4-6H2,1-3H3,(H,12,13)(H,14,15). The van der Waals surface area contributed by atoms with Crippen molar-refractivity contribution in [2.75, 3.05) is 0 Å². The van der Waals surface area contributed by atoms with Crippen molar-refractivity contribution in [1.29, 1.82) is 0 Å². The molecule has 1 aliphatic rings. The van der Waals surface area contributed by atoms with Crippen LogP contribution in [0.4, 0.5) is 0 Å². The van der Waals surface area contributed by atoms with Gasteiger partial charge in [0, 0.05) is 18.9 Å². The van der Waals surface area contributed by atoms with Crippen molar-refractivity contribution < 1.29 is 14.7 Å². The summed E-state index contributed by atoms with van der Waals surface area (Å²) in [6, 6.07) is 0.280. The molecule has 86 valence electrons. The zero-order chi connectivity index (χ0) is 11.6. The Balaban J connectivity index is 2.22. The third-order valence-electron chi connectivity index (χ3n) is 2.91. The van der Waals surface area contributed by atoms with Gasteiger partial charge in [-0.2, -0.15) is 0 Å². The summed E-state index contributed by atoms with van der Waals surface area (Å²) < 4.78 is 0. The van der Waals surface area contributed by atoms with Gasteiger partial charge in [-0.3, -0.25) is 9.59 Å². The Morgan fingerprint density at radius 1 is 1.47 bits per heavy atom.